The van der Waals surface area contributed by atoms with Crippen LogP contribution in [0, 0.1) is 35.0 Å². The van der Waals surface area contributed by atoms with Crippen molar-refractivity contribution in [3.8, 4) is 0 Å². The summed E-state index contributed by atoms with van der Waals surface area (Å²) in [5.41, 5.74) is -0.0595. The van der Waals surface area contributed by atoms with E-state index in [1.165, 1.54) is 6.08 Å². The third-order valence-electron chi connectivity index (χ3n) is 6.02. The van der Waals surface area contributed by atoms with Crippen molar-refractivity contribution in [2.75, 3.05) is 0 Å². The van der Waals surface area contributed by atoms with Crippen LogP contribution in [0.2, 0.25) is 0 Å². The SMILES string of the molecule is C=CC(=O)OC1C2CC3C(=O)C1C(C)(C)C(C2)C3C. The zero-order chi connectivity index (χ0) is 13.9. The third-order valence-corrected chi connectivity index (χ3v) is 6.02. The van der Waals surface area contributed by atoms with E-state index in [4.69, 9.17) is 4.74 Å². The Morgan fingerprint density at radius 3 is 2.74 bits per heavy atom. The monoisotopic (exact) mass is 262 g/mol. The molecule has 0 aromatic heterocycles. The smallest absolute Gasteiger partial charge is 0.330 e. The zero-order valence-electron chi connectivity index (χ0n) is 11.9. The van der Waals surface area contributed by atoms with Crippen molar-refractivity contribution in [1.29, 1.82) is 0 Å². The molecule has 19 heavy (non-hydrogen) atoms. The van der Waals surface area contributed by atoms with Crippen molar-refractivity contribution in [3.63, 3.8) is 0 Å². The minimum Gasteiger partial charge on any atom is -0.458 e. The van der Waals surface area contributed by atoms with Gasteiger partial charge < -0.3 is 4.74 Å². The number of carbonyl (C=O) groups excluding carboxylic acids is 2. The first-order chi connectivity index (χ1) is 8.87. The molecule has 4 fully saturated rings. The van der Waals surface area contributed by atoms with Gasteiger partial charge in [0.05, 0.1) is 5.92 Å². The first-order valence-electron chi connectivity index (χ1n) is 7.24. The van der Waals surface area contributed by atoms with Gasteiger partial charge in [-0.25, -0.2) is 4.79 Å². The van der Waals surface area contributed by atoms with Crippen molar-refractivity contribution in [2.24, 2.45) is 35.0 Å². The molecule has 104 valence electrons. The predicted octanol–water partition coefficient (Wildman–Crippen LogP) is 2.60. The summed E-state index contributed by atoms with van der Waals surface area (Å²) >= 11 is 0. The van der Waals surface area contributed by atoms with Crippen molar-refractivity contribution < 1.29 is 14.3 Å². The largest absolute Gasteiger partial charge is 0.458 e. The fourth-order valence-corrected chi connectivity index (χ4v) is 5.11. The number of hydrogen-bond acceptors (Lipinski definition) is 3. The fourth-order valence-electron chi connectivity index (χ4n) is 5.11. The van der Waals surface area contributed by atoms with Crippen LogP contribution in [0.25, 0.3) is 0 Å². The molecule has 0 aliphatic heterocycles. The van der Waals surface area contributed by atoms with Crippen LogP contribution in [0.4, 0.5) is 0 Å². The first-order valence-corrected chi connectivity index (χ1v) is 7.24. The second-order valence-electron chi connectivity index (χ2n) is 7.11. The zero-order valence-corrected chi connectivity index (χ0v) is 11.9. The van der Waals surface area contributed by atoms with E-state index in [0.29, 0.717) is 23.5 Å². The van der Waals surface area contributed by atoms with Gasteiger partial charge in [0.2, 0.25) is 0 Å². The fraction of sp³-hybridized carbons (Fsp3) is 0.750. The molecule has 6 atom stereocenters. The van der Waals surface area contributed by atoms with E-state index >= 15 is 0 Å². The van der Waals surface area contributed by atoms with Crippen molar-refractivity contribution in [3.05, 3.63) is 12.7 Å². The standard InChI is InChI=1S/C16H22O3/c1-5-12(17)19-15-9-6-10-8(2)11(7-9)16(3,4)13(15)14(10)18/h5,8-11,13,15H,1,6-7H2,2-4H3. The van der Waals surface area contributed by atoms with E-state index in [9.17, 15) is 9.59 Å². The Bertz CT molecular complexity index is 451. The number of esters is 1. The molecule has 0 radical (unpaired) electrons. The minimum atomic E-state index is -0.394. The van der Waals surface area contributed by atoms with Crippen LogP contribution in [0.3, 0.4) is 0 Å². The highest BCUT2D eigenvalue weighted by Gasteiger charge is 2.65. The average molecular weight is 262 g/mol. The topological polar surface area (TPSA) is 43.4 Å². The lowest BCUT2D eigenvalue weighted by atomic mass is 9.42. The Morgan fingerprint density at radius 2 is 2.11 bits per heavy atom. The van der Waals surface area contributed by atoms with E-state index in [0.717, 1.165) is 12.8 Å². The summed E-state index contributed by atoms with van der Waals surface area (Å²) in [4.78, 5) is 24.2. The molecule has 0 amide bonds. The molecule has 0 heterocycles. The molecular weight excluding hydrogens is 240 g/mol. The Morgan fingerprint density at radius 1 is 1.42 bits per heavy atom. The lowest BCUT2D eigenvalue weighted by molar-refractivity contribution is -0.204. The minimum absolute atomic E-state index is 0.0595. The molecule has 3 heteroatoms. The van der Waals surface area contributed by atoms with Crippen LogP contribution in [-0.4, -0.2) is 17.9 Å². The van der Waals surface area contributed by atoms with E-state index < -0.39 is 5.97 Å². The van der Waals surface area contributed by atoms with Crippen LogP contribution in [0.15, 0.2) is 12.7 Å². The second-order valence-corrected chi connectivity index (χ2v) is 7.11. The molecule has 0 aromatic rings. The van der Waals surface area contributed by atoms with Crippen molar-refractivity contribution >= 4 is 11.8 Å². The maximum Gasteiger partial charge on any atom is 0.330 e. The number of ether oxygens (including phenoxy) is 1. The summed E-state index contributed by atoms with van der Waals surface area (Å²) in [7, 11) is 0. The normalized spacial score (nSPS) is 46.2. The highest BCUT2D eigenvalue weighted by atomic mass is 16.5. The molecule has 6 unspecified atom stereocenters. The molecule has 0 saturated heterocycles. The maximum absolute atomic E-state index is 12.7. The summed E-state index contributed by atoms with van der Waals surface area (Å²) in [5.74, 6) is 1.44. The van der Waals surface area contributed by atoms with Gasteiger partial charge in [0, 0.05) is 12.0 Å². The molecule has 0 N–H and O–H groups in total. The molecule has 4 saturated carbocycles. The van der Waals surface area contributed by atoms with Gasteiger partial charge in [-0.2, -0.15) is 0 Å². The number of rotatable bonds is 2. The van der Waals surface area contributed by atoms with Gasteiger partial charge in [-0.05, 0) is 36.0 Å². The first kappa shape index (κ1) is 12.9. The molecule has 3 nitrogen and oxygen atoms in total. The van der Waals surface area contributed by atoms with Crippen LogP contribution in [0.5, 0.6) is 0 Å². The Balaban J connectivity index is 1.97. The Labute approximate surface area is 114 Å². The van der Waals surface area contributed by atoms with E-state index in [2.05, 4.69) is 27.4 Å². The molecule has 4 aliphatic rings. The molecule has 0 aromatic carbocycles. The summed E-state index contributed by atoms with van der Waals surface area (Å²) in [5, 5.41) is 0. The van der Waals surface area contributed by atoms with E-state index in [1.54, 1.807) is 0 Å². The van der Waals surface area contributed by atoms with Crippen molar-refractivity contribution in [1.82, 2.24) is 0 Å². The van der Waals surface area contributed by atoms with Crippen molar-refractivity contribution in [2.45, 2.75) is 39.7 Å². The van der Waals surface area contributed by atoms with Crippen LogP contribution >= 0.6 is 0 Å². The maximum atomic E-state index is 12.7. The number of carbonyl (C=O) groups is 2. The summed E-state index contributed by atoms with van der Waals surface area (Å²) in [6.45, 7) is 10.0. The number of ketones is 1. The lowest BCUT2D eigenvalue weighted by Crippen LogP contribution is -2.65. The molecule has 0 spiro atoms. The average Bonchev–Trinajstić information content (AvgIpc) is 2.35. The van der Waals surface area contributed by atoms with Gasteiger partial charge in [-0.15, -0.1) is 0 Å². The van der Waals surface area contributed by atoms with Gasteiger partial charge in [-0.1, -0.05) is 27.4 Å². The number of Topliss-reactive ketones (excluding diaryl/α,β-unsaturated/α-hetero) is 1. The molecule has 4 bridgehead atoms. The van der Waals surface area contributed by atoms with E-state index in [1.807, 2.05) is 0 Å². The van der Waals surface area contributed by atoms with Gasteiger partial charge in [0.1, 0.15) is 11.9 Å². The second kappa shape index (κ2) is 3.94. The van der Waals surface area contributed by atoms with E-state index in [-0.39, 0.29) is 23.4 Å². The molecule has 4 rings (SSSR count). The number of hydrogen-bond donors (Lipinski definition) is 0. The highest BCUT2D eigenvalue weighted by molar-refractivity contribution is 5.88. The predicted molar refractivity (Wildman–Crippen MR) is 71.2 cm³/mol. The summed E-state index contributed by atoms with van der Waals surface area (Å²) in [6, 6.07) is 0. The quantitative estimate of drug-likeness (QED) is 0.567. The third kappa shape index (κ3) is 1.56. The van der Waals surface area contributed by atoms with Gasteiger partial charge in [-0.3, -0.25) is 4.79 Å². The summed E-state index contributed by atoms with van der Waals surface area (Å²) < 4.78 is 5.54. The molecule has 4 aliphatic carbocycles. The Hall–Kier alpha value is -1.12. The van der Waals surface area contributed by atoms with Gasteiger partial charge >= 0.3 is 5.97 Å². The lowest BCUT2D eigenvalue weighted by Gasteiger charge is -2.63. The summed E-state index contributed by atoms with van der Waals surface area (Å²) in [6.07, 6.45) is 2.96. The van der Waals surface area contributed by atoms with Crippen LogP contribution in [0.1, 0.15) is 33.6 Å². The van der Waals surface area contributed by atoms with Gasteiger partial charge in [0.25, 0.3) is 0 Å². The van der Waals surface area contributed by atoms with Crippen LogP contribution in [-0.2, 0) is 14.3 Å². The molecular formula is C16H22O3. The highest BCUT2D eigenvalue weighted by Crippen LogP contribution is 2.63. The van der Waals surface area contributed by atoms with Crippen LogP contribution < -0.4 is 0 Å². The van der Waals surface area contributed by atoms with Gasteiger partial charge in [0.15, 0.2) is 0 Å². The Kier molecular flexibility index (Phi) is 2.67.